The molecule has 4 heteroatoms. The molecule has 0 amide bonds. The standard InChI is InChI=1S/C49H38N4/c1-2-10-34(11-3-1)51-43-15-6-4-12-37(43)40-27-30(19-23-45(40)51)31-20-24-46-41(28-31)38-13-5-7-16-44(38)53(46)48-50-49-25-9-8-14-42(49)47(49)52(48)35-21-22-36-32(26-35)17-18-33-29-39(33)36/h1-26,28,33,39-40,42,47-48,50H,27,29H2. The molecule has 1 spiro atoms. The van der Waals surface area contributed by atoms with Gasteiger partial charge in [-0.2, -0.15) is 0 Å². The molecule has 3 fully saturated rings. The van der Waals surface area contributed by atoms with Gasteiger partial charge in [-0.05, 0) is 107 Å². The molecule has 1 aromatic heterocycles. The lowest BCUT2D eigenvalue weighted by atomic mass is 9.84. The number of para-hydroxylation sites is 3. The number of nitrogens with one attached hydrogen (secondary N) is 1. The van der Waals surface area contributed by atoms with Crippen LogP contribution in [0.3, 0.4) is 0 Å². The average Bonchev–Trinajstić information content (AvgIpc) is 4.03. The van der Waals surface area contributed by atoms with Gasteiger partial charge < -0.3 is 14.4 Å². The van der Waals surface area contributed by atoms with Gasteiger partial charge in [0, 0.05) is 45.4 Å². The molecule has 5 aliphatic carbocycles. The molecule has 13 rings (SSSR count). The molecule has 7 unspecified atom stereocenters. The Balaban J connectivity index is 0.930. The quantitative estimate of drug-likeness (QED) is 0.200. The van der Waals surface area contributed by atoms with Crippen LogP contribution in [0.25, 0.3) is 33.5 Å². The van der Waals surface area contributed by atoms with Crippen molar-refractivity contribution in [1.29, 1.82) is 0 Å². The van der Waals surface area contributed by atoms with Crippen LogP contribution in [0.15, 0.2) is 163 Å². The Kier molecular flexibility index (Phi) is 5.52. The lowest BCUT2D eigenvalue weighted by Gasteiger charge is -2.34. The monoisotopic (exact) mass is 682 g/mol. The minimum atomic E-state index is -0.0491. The maximum Gasteiger partial charge on any atom is 0.163 e. The molecule has 1 N–H and O–H groups in total. The highest BCUT2D eigenvalue weighted by atomic mass is 15.5. The second-order valence-corrected chi connectivity index (χ2v) is 16.1. The number of allylic oxidation sites excluding steroid dienone is 7. The molecule has 4 nitrogen and oxygen atoms in total. The number of benzene rings is 5. The van der Waals surface area contributed by atoms with Crippen LogP contribution in [0, 0.1) is 11.8 Å². The van der Waals surface area contributed by atoms with Crippen LogP contribution >= 0.6 is 0 Å². The zero-order chi connectivity index (χ0) is 34.4. The summed E-state index contributed by atoms with van der Waals surface area (Å²) < 4.78 is 2.59. The van der Waals surface area contributed by atoms with Crippen molar-refractivity contribution in [3.05, 3.63) is 186 Å². The third-order valence-corrected chi connectivity index (χ3v) is 13.5. The van der Waals surface area contributed by atoms with Crippen LogP contribution in [-0.4, -0.2) is 16.1 Å². The van der Waals surface area contributed by atoms with Gasteiger partial charge in [0.2, 0.25) is 0 Å². The van der Waals surface area contributed by atoms with Crippen molar-refractivity contribution in [2.45, 2.75) is 42.5 Å². The van der Waals surface area contributed by atoms with Gasteiger partial charge in [-0.25, -0.2) is 0 Å². The van der Waals surface area contributed by atoms with Crippen LogP contribution in [-0.2, 0) is 0 Å². The molecule has 53 heavy (non-hydrogen) atoms. The van der Waals surface area contributed by atoms with E-state index in [1.165, 1.54) is 78.8 Å². The smallest absolute Gasteiger partial charge is 0.163 e. The zero-order valence-electron chi connectivity index (χ0n) is 29.3. The molecule has 0 radical (unpaired) electrons. The summed E-state index contributed by atoms with van der Waals surface area (Å²) in [5.74, 6) is 2.27. The molecule has 6 aromatic rings. The fraction of sp³-hybridized carbons (Fsp3) is 0.184. The van der Waals surface area contributed by atoms with E-state index in [0.29, 0.717) is 17.9 Å². The average molecular weight is 683 g/mol. The molecular formula is C49H38N4. The fourth-order valence-corrected chi connectivity index (χ4v) is 10.9. The van der Waals surface area contributed by atoms with Crippen molar-refractivity contribution in [1.82, 2.24) is 9.88 Å². The number of hydrogen-bond acceptors (Lipinski definition) is 3. The maximum atomic E-state index is 4.21. The number of anilines is 3. The van der Waals surface area contributed by atoms with Gasteiger partial charge in [0.05, 0.1) is 22.6 Å². The van der Waals surface area contributed by atoms with Crippen molar-refractivity contribution in [2.24, 2.45) is 11.8 Å². The molecular weight excluding hydrogens is 645 g/mol. The van der Waals surface area contributed by atoms with Crippen LogP contribution in [0.5, 0.6) is 0 Å². The Hall–Kier alpha value is -5.84. The first-order valence-electron chi connectivity index (χ1n) is 19.4. The number of nitrogens with zero attached hydrogens (tertiary/aromatic N) is 3. The molecule has 5 aromatic carbocycles. The number of rotatable bonds is 4. The van der Waals surface area contributed by atoms with Crippen LogP contribution in [0.2, 0.25) is 0 Å². The molecule has 1 saturated heterocycles. The predicted octanol–water partition coefficient (Wildman–Crippen LogP) is 11.0. The first kappa shape index (κ1) is 28.7. The molecule has 7 atom stereocenters. The van der Waals surface area contributed by atoms with Gasteiger partial charge in [-0.15, -0.1) is 0 Å². The summed E-state index contributed by atoms with van der Waals surface area (Å²) in [6.45, 7) is 0. The summed E-state index contributed by atoms with van der Waals surface area (Å²) in [6, 6.07) is 43.7. The summed E-state index contributed by atoms with van der Waals surface area (Å²) in [4.78, 5) is 5.15. The van der Waals surface area contributed by atoms with Gasteiger partial charge in [0.1, 0.15) is 0 Å². The maximum absolute atomic E-state index is 4.21. The van der Waals surface area contributed by atoms with Crippen molar-refractivity contribution >= 4 is 50.5 Å². The lowest BCUT2D eigenvalue weighted by molar-refractivity contribution is 0.407. The third kappa shape index (κ3) is 3.84. The van der Waals surface area contributed by atoms with Crippen molar-refractivity contribution in [2.75, 3.05) is 9.80 Å². The Morgan fingerprint density at radius 2 is 1.57 bits per heavy atom. The molecule has 7 aliphatic rings. The molecule has 0 bridgehead atoms. The number of hydrogen-bond donors (Lipinski definition) is 1. The molecule has 3 heterocycles. The van der Waals surface area contributed by atoms with Crippen LogP contribution < -0.4 is 15.1 Å². The number of fused-ring (bicyclic) bond motifs is 10. The van der Waals surface area contributed by atoms with E-state index in [1.807, 2.05) is 0 Å². The van der Waals surface area contributed by atoms with Crippen molar-refractivity contribution < 1.29 is 0 Å². The Morgan fingerprint density at radius 3 is 2.53 bits per heavy atom. The highest BCUT2D eigenvalue weighted by Crippen LogP contribution is 2.61. The predicted molar refractivity (Wildman–Crippen MR) is 217 cm³/mol. The normalized spacial score (nSPS) is 29.3. The van der Waals surface area contributed by atoms with Crippen molar-refractivity contribution in [3.63, 3.8) is 0 Å². The highest BCUT2D eigenvalue weighted by Gasteiger charge is 2.71. The fourth-order valence-electron chi connectivity index (χ4n) is 10.9. The summed E-state index contributed by atoms with van der Waals surface area (Å²) in [5.41, 5.74) is 14.7. The SMILES string of the molecule is C1=CC2C3N(c4ccc5c(c4)C=CC4CC54)C(n4c5ccccc5c5cc(C6=CC=C7C(C6)c6ccccc6N7c6ccccc6)ccc54)NC23C=C1. The van der Waals surface area contributed by atoms with Gasteiger partial charge in [-0.3, -0.25) is 5.32 Å². The minimum absolute atomic E-state index is 0.0155. The van der Waals surface area contributed by atoms with E-state index >= 15 is 0 Å². The van der Waals surface area contributed by atoms with Gasteiger partial charge in [0.25, 0.3) is 0 Å². The van der Waals surface area contributed by atoms with E-state index in [0.717, 1.165) is 18.3 Å². The Morgan fingerprint density at radius 1 is 0.698 bits per heavy atom. The second-order valence-electron chi connectivity index (χ2n) is 16.1. The topological polar surface area (TPSA) is 23.4 Å². The van der Waals surface area contributed by atoms with Crippen molar-refractivity contribution in [3.8, 4) is 0 Å². The Bertz CT molecular complexity index is 2730. The number of aromatic nitrogens is 1. The summed E-state index contributed by atoms with van der Waals surface area (Å²) in [7, 11) is 0. The van der Waals surface area contributed by atoms with Gasteiger partial charge in [0.15, 0.2) is 6.29 Å². The first-order chi connectivity index (χ1) is 26.2. The Labute approximate surface area is 309 Å². The first-order valence-corrected chi connectivity index (χ1v) is 19.4. The summed E-state index contributed by atoms with van der Waals surface area (Å²) in [6.07, 6.45) is 21.1. The van der Waals surface area contributed by atoms with E-state index in [1.54, 1.807) is 0 Å². The van der Waals surface area contributed by atoms with Gasteiger partial charge in [-0.1, -0.05) is 109 Å². The minimum Gasteiger partial charge on any atom is -0.333 e. The summed E-state index contributed by atoms with van der Waals surface area (Å²) in [5, 5.41) is 6.84. The van der Waals surface area contributed by atoms with Crippen LogP contribution in [0.4, 0.5) is 17.1 Å². The molecule has 254 valence electrons. The zero-order valence-corrected chi connectivity index (χ0v) is 29.3. The van der Waals surface area contributed by atoms with Crippen LogP contribution in [0.1, 0.15) is 53.2 Å². The molecule has 2 saturated carbocycles. The largest absolute Gasteiger partial charge is 0.333 e. The highest BCUT2D eigenvalue weighted by molar-refractivity contribution is 6.09. The van der Waals surface area contributed by atoms with Gasteiger partial charge >= 0.3 is 0 Å². The third-order valence-electron chi connectivity index (χ3n) is 13.5. The van der Waals surface area contributed by atoms with E-state index in [-0.39, 0.29) is 11.8 Å². The summed E-state index contributed by atoms with van der Waals surface area (Å²) >= 11 is 0. The van der Waals surface area contributed by atoms with E-state index in [9.17, 15) is 0 Å². The molecule has 2 aliphatic heterocycles. The van der Waals surface area contributed by atoms with E-state index in [4.69, 9.17) is 0 Å². The van der Waals surface area contributed by atoms with E-state index < -0.39 is 0 Å². The lowest BCUT2D eigenvalue weighted by Crippen LogP contribution is -2.41. The second kappa shape index (κ2) is 10.2. The van der Waals surface area contributed by atoms with E-state index in [2.05, 4.69) is 184 Å².